The van der Waals surface area contributed by atoms with Gasteiger partial charge in [0.05, 0.1) is 5.39 Å². The van der Waals surface area contributed by atoms with Crippen molar-refractivity contribution in [3.05, 3.63) is 97.9 Å². The summed E-state index contributed by atoms with van der Waals surface area (Å²) in [6, 6.07) is 10.0. The minimum atomic E-state index is -4.53. The second kappa shape index (κ2) is 12.1. The highest BCUT2D eigenvalue weighted by Crippen LogP contribution is 2.31. The number of halogens is 3. The van der Waals surface area contributed by atoms with Crippen LogP contribution in [0.5, 0.6) is 5.75 Å². The maximum atomic E-state index is 14.2. The summed E-state index contributed by atoms with van der Waals surface area (Å²) in [5, 5.41) is 2.37. The lowest BCUT2D eigenvalue weighted by atomic mass is 10.1. The first-order valence-corrected chi connectivity index (χ1v) is 14.3. The molecule has 0 aliphatic heterocycles. The molecule has 0 atom stereocenters. The van der Waals surface area contributed by atoms with Crippen LogP contribution in [0.2, 0.25) is 0 Å². The van der Waals surface area contributed by atoms with Gasteiger partial charge >= 0.3 is 15.7 Å². The van der Waals surface area contributed by atoms with Crippen LogP contribution in [0.15, 0.2) is 68.9 Å². The van der Waals surface area contributed by atoms with Crippen LogP contribution in [0.3, 0.4) is 0 Å². The molecule has 0 spiro atoms. The fraction of sp³-hybridized carbons (Fsp3) is 0.222. The first kappa shape index (κ1) is 29.2. The van der Waals surface area contributed by atoms with Crippen molar-refractivity contribution in [3.8, 4) is 5.75 Å². The van der Waals surface area contributed by atoms with Gasteiger partial charge in [0.15, 0.2) is 17.0 Å². The van der Waals surface area contributed by atoms with Crippen molar-refractivity contribution < 1.29 is 31.0 Å². The standard InChI is InChI=1S/C27H24BrF2N3O6S/c1-3-4-11-38-33-25-21(12-18(28)15-31-25)24(39-40(36,37)20-9-5-16(2)6-10-20)23(27(33)35)26(34)32-14-17-7-8-19(29)13-22(17)30/h5-10,12-13,15H,3-4,11,14H2,1-2H3,(H,32,34). The molecule has 4 aromatic rings. The van der Waals surface area contributed by atoms with Crippen LogP contribution in [0.25, 0.3) is 11.0 Å². The Morgan fingerprint density at radius 2 is 1.85 bits per heavy atom. The summed E-state index contributed by atoms with van der Waals surface area (Å²) in [6.45, 7) is 3.37. The van der Waals surface area contributed by atoms with Crippen molar-refractivity contribution in [2.24, 2.45) is 0 Å². The van der Waals surface area contributed by atoms with Crippen molar-refractivity contribution in [1.82, 2.24) is 15.0 Å². The first-order valence-electron chi connectivity index (χ1n) is 12.1. The molecule has 0 fully saturated rings. The summed E-state index contributed by atoms with van der Waals surface area (Å²) < 4.78 is 60.7. The highest BCUT2D eigenvalue weighted by Gasteiger charge is 2.30. The lowest BCUT2D eigenvalue weighted by molar-refractivity contribution is 0.0919. The van der Waals surface area contributed by atoms with Gasteiger partial charge in [-0.1, -0.05) is 37.1 Å². The fourth-order valence-corrected chi connectivity index (χ4v) is 4.98. The SMILES string of the molecule is CCCCOn1c(=O)c(C(=O)NCc2ccc(F)cc2F)c(OS(=O)(=O)c2ccc(C)cc2)c2cc(Br)cnc21. The smallest absolute Gasteiger partial charge is 0.339 e. The Balaban J connectivity index is 1.88. The average Bonchev–Trinajstić information content (AvgIpc) is 2.90. The monoisotopic (exact) mass is 635 g/mol. The molecule has 0 aliphatic carbocycles. The Morgan fingerprint density at radius 3 is 2.52 bits per heavy atom. The molecule has 2 aromatic carbocycles. The molecular formula is C27H24BrF2N3O6S. The molecule has 1 amide bonds. The summed E-state index contributed by atoms with van der Waals surface area (Å²) in [4.78, 5) is 36.7. The number of aromatic nitrogens is 2. The second-order valence-corrected chi connectivity index (χ2v) is 11.2. The van der Waals surface area contributed by atoms with Crippen LogP contribution >= 0.6 is 15.9 Å². The molecule has 2 aromatic heterocycles. The third-order valence-electron chi connectivity index (χ3n) is 5.80. The minimum Gasteiger partial charge on any atom is -0.409 e. The van der Waals surface area contributed by atoms with E-state index < -0.39 is 51.1 Å². The van der Waals surface area contributed by atoms with E-state index in [1.165, 1.54) is 24.4 Å². The van der Waals surface area contributed by atoms with Crippen LogP contribution in [0, 0.1) is 18.6 Å². The third-order valence-corrected chi connectivity index (χ3v) is 7.47. The number of fused-ring (bicyclic) bond motifs is 1. The molecule has 0 aliphatic rings. The molecular weight excluding hydrogens is 612 g/mol. The molecule has 13 heteroatoms. The van der Waals surface area contributed by atoms with Crippen LogP contribution in [0.1, 0.15) is 41.3 Å². The number of carbonyl (C=O) groups excluding carboxylic acids is 1. The molecule has 2 heterocycles. The number of aryl methyl sites for hydroxylation is 1. The van der Waals surface area contributed by atoms with Gasteiger partial charge in [0.1, 0.15) is 23.1 Å². The van der Waals surface area contributed by atoms with Crippen LogP contribution in [0.4, 0.5) is 8.78 Å². The number of pyridine rings is 2. The van der Waals surface area contributed by atoms with Gasteiger partial charge in [-0.3, -0.25) is 9.59 Å². The van der Waals surface area contributed by atoms with E-state index in [1.807, 2.05) is 6.92 Å². The molecule has 0 radical (unpaired) electrons. The van der Waals surface area contributed by atoms with Gasteiger partial charge < -0.3 is 14.3 Å². The summed E-state index contributed by atoms with van der Waals surface area (Å²) in [5.74, 6) is -3.37. The average molecular weight is 636 g/mol. The van der Waals surface area contributed by atoms with E-state index in [4.69, 9.17) is 9.02 Å². The number of nitrogens with one attached hydrogen (secondary N) is 1. The molecule has 40 heavy (non-hydrogen) atoms. The Hall–Kier alpha value is -3.84. The molecule has 1 N–H and O–H groups in total. The van der Waals surface area contributed by atoms with Gasteiger partial charge in [0.25, 0.3) is 5.91 Å². The Labute approximate surface area is 237 Å². The number of hydrogen-bond donors (Lipinski definition) is 1. The summed E-state index contributed by atoms with van der Waals surface area (Å²) in [7, 11) is -4.53. The molecule has 0 unspecified atom stereocenters. The minimum absolute atomic E-state index is 0.0146. The highest BCUT2D eigenvalue weighted by molar-refractivity contribution is 9.10. The van der Waals surface area contributed by atoms with Crippen molar-refractivity contribution >= 4 is 43.0 Å². The van der Waals surface area contributed by atoms with Gasteiger partial charge in [-0.25, -0.2) is 13.8 Å². The Morgan fingerprint density at radius 1 is 1.12 bits per heavy atom. The van der Waals surface area contributed by atoms with E-state index >= 15 is 0 Å². The van der Waals surface area contributed by atoms with E-state index in [9.17, 15) is 26.8 Å². The van der Waals surface area contributed by atoms with Crippen molar-refractivity contribution in [2.75, 3.05) is 6.61 Å². The van der Waals surface area contributed by atoms with Crippen LogP contribution < -0.4 is 19.9 Å². The van der Waals surface area contributed by atoms with Gasteiger partial charge in [-0.05, 0) is 53.5 Å². The summed E-state index contributed by atoms with van der Waals surface area (Å²) >= 11 is 3.27. The normalized spacial score (nSPS) is 11.4. The van der Waals surface area contributed by atoms with E-state index in [0.29, 0.717) is 17.0 Å². The van der Waals surface area contributed by atoms with Crippen molar-refractivity contribution in [3.63, 3.8) is 0 Å². The molecule has 0 bridgehead atoms. The number of carbonyl (C=O) groups is 1. The van der Waals surface area contributed by atoms with Gasteiger partial charge in [-0.15, -0.1) is 4.73 Å². The zero-order chi connectivity index (χ0) is 29.0. The summed E-state index contributed by atoms with van der Waals surface area (Å²) in [6.07, 6.45) is 2.70. The zero-order valence-electron chi connectivity index (χ0n) is 21.4. The quantitative estimate of drug-likeness (QED) is 0.199. The fourth-order valence-electron chi connectivity index (χ4n) is 3.69. The van der Waals surface area contributed by atoms with Crippen LogP contribution in [-0.4, -0.2) is 30.6 Å². The second-order valence-electron chi connectivity index (χ2n) is 8.78. The number of unbranched alkanes of at least 4 members (excludes halogenated alkanes) is 1. The van der Waals surface area contributed by atoms with E-state index in [2.05, 4.69) is 26.2 Å². The zero-order valence-corrected chi connectivity index (χ0v) is 23.8. The summed E-state index contributed by atoms with van der Waals surface area (Å²) in [5.41, 5.74) is -1.09. The van der Waals surface area contributed by atoms with E-state index in [-0.39, 0.29) is 28.1 Å². The number of rotatable bonds is 10. The van der Waals surface area contributed by atoms with Crippen molar-refractivity contribution in [1.29, 1.82) is 0 Å². The number of nitrogens with zero attached hydrogens (tertiary/aromatic N) is 2. The van der Waals surface area contributed by atoms with Crippen molar-refractivity contribution in [2.45, 2.75) is 38.1 Å². The molecule has 210 valence electrons. The maximum Gasteiger partial charge on any atom is 0.339 e. The van der Waals surface area contributed by atoms with E-state index in [0.717, 1.165) is 28.8 Å². The number of hydrogen-bond acceptors (Lipinski definition) is 7. The van der Waals surface area contributed by atoms with Crippen LogP contribution in [-0.2, 0) is 16.7 Å². The third kappa shape index (κ3) is 6.31. The predicted molar refractivity (Wildman–Crippen MR) is 147 cm³/mol. The lowest BCUT2D eigenvalue weighted by Gasteiger charge is -2.18. The maximum absolute atomic E-state index is 14.2. The lowest BCUT2D eigenvalue weighted by Crippen LogP contribution is -2.37. The Kier molecular flexibility index (Phi) is 8.84. The van der Waals surface area contributed by atoms with Gasteiger partial charge in [0.2, 0.25) is 0 Å². The van der Waals surface area contributed by atoms with E-state index in [1.54, 1.807) is 19.1 Å². The largest absolute Gasteiger partial charge is 0.409 e. The number of benzene rings is 2. The Bertz CT molecular complexity index is 1740. The van der Waals surface area contributed by atoms with Gasteiger partial charge in [0, 0.05) is 28.8 Å². The molecule has 0 saturated carbocycles. The topological polar surface area (TPSA) is 117 Å². The predicted octanol–water partition coefficient (Wildman–Crippen LogP) is 4.67. The van der Waals surface area contributed by atoms with Gasteiger partial charge in [-0.2, -0.15) is 8.42 Å². The number of amides is 1. The molecule has 4 rings (SSSR count). The first-order chi connectivity index (χ1) is 19.0. The highest BCUT2D eigenvalue weighted by atomic mass is 79.9. The molecule has 0 saturated heterocycles. The molecule has 9 nitrogen and oxygen atoms in total.